The van der Waals surface area contributed by atoms with Crippen molar-refractivity contribution in [1.82, 2.24) is 9.13 Å². The van der Waals surface area contributed by atoms with Crippen LogP contribution in [0.15, 0.2) is 35.1 Å². The average molecular weight is 292 g/mol. The maximum atomic E-state index is 12.4. The van der Waals surface area contributed by atoms with E-state index in [4.69, 9.17) is 0 Å². The first-order valence-electron chi connectivity index (χ1n) is 6.18. The molecule has 5 nitrogen and oxygen atoms in total. The maximum Gasteiger partial charge on any atom is 0.342 e. The second-order valence-corrected chi connectivity index (χ2v) is 5.31. The molecule has 0 fully saturated rings. The molecular weight excluding hydrogens is 276 g/mol. The van der Waals surface area contributed by atoms with Gasteiger partial charge in [-0.05, 0) is 24.1 Å². The van der Waals surface area contributed by atoms with E-state index < -0.39 is 11.6 Å². The molecule has 1 heterocycles. The summed E-state index contributed by atoms with van der Waals surface area (Å²) < 4.78 is 2.20. The van der Waals surface area contributed by atoms with Gasteiger partial charge in [-0.25, -0.2) is 13.9 Å². The van der Waals surface area contributed by atoms with Crippen LogP contribution in [0.1, 0.15) is 17.4 Å². The van der Waals surface area contributed by atoms with Crippen molar-refractivity contribution in [2.45, 2.75) is 13.3 Å². The zero-order valence-corrected chi connectivity index (χ0v) is 12.2. The molecule has 0 aliphatic rings. The number of nitrogens with zero attached hydrogens (tertiary/aromatic N) is 2. The number of carbonyl (C=O) groups is 1. The molecule has 1 aromatic carbocycles. The van der Waals surface area contributed by atoms with Gasteiger partial charge in [-0.2, -0.15) is 11.8 Å². The first kappa shape index (κ1) is 14.5. The second-order valence-electron chi connectivity index (χ2n) is 4.32. The van der Waals surface area contributed by atoms with Gasteiger partial charge in [0.2, 0.25) is 11.8 Å². The Morgan fingerprint density at radius 1 is 1.30 bits per heavy atom. The molecule has 0 aliphatic carbocycles. The fourth-order valence-electron chi connectivity index (χ4n) is 2.09. The van der Waals surface area contributed by atoms with E-state index in [9.17, 15) is 14.7 Å². The highest BCUT2D eigenvalue weighted by Crippen LogP contribution is 2.21. The van der Waals surface area contributed by atoms with Crippen LogP contribution < -0.4 is 5.69 Å². The SMILES string of the molecule is CSCCc1c(O)n(-c2ccccc2)c(=O)n1C(C)=O. The van der Waals surface area contributed by atoms with Crippen LogP contribution in [-0.4, -0.2) is 32.2 Å². The van der Waals surface area contributed by atoms with E-state index in [2.05, 4.69) is 0 Å². The lowest BCUT2D eigenvalue weighted by atomic mass is 10.3. The number of rotatable bonds is 4. The van der Waals surface area contributed by atoms with Crippen LogP contribution in [0.4, 0.5) is 0 Å². The van der Waals surface area contributed by atoms with Gasteiger partial charge in [0.15, 0.2) is 0 Å². The molecule has 2 aromatic rings. The molecule has 0 unspecified atom stereocenters. The van der Waals surface area contributed by atoms with Crippen molar-refractivity contribution >= 4 is 17.7 Å². The second kappa shape index (κ2) is 6.00. The molecule has 0 amide bonds. The summed E-state index contributed by atoms with van der Waals surface area (Å²) in [6.45, 7) is 1.32. The molecule has 0 atom stereocenters. The van der Waals surface area contributed by atoms with Crippen LogP contribution in [0.25, 0.3) is 5.69 Å². The lowest BCUT2D eigenvalue weighted by Crippen LogP contribution is -2.28. The van der Waals surface area contributed by atoms with Gasteiger partial charge in [0, 0.05) is 13.3 Å². The Morgan fingerprint density at radius 2 is 1.95 bits per heavy atom. The fraction of sp³-hybridized carbons (Fsp3) is 0.286. The summed E-state index contributed by atoms with van der Waals surface area (Å²) in [7, 11) is 0. The maximum absolute atomic E-state index is 12.4. The zero-order chi connectivity index (χ0) is 14.7. The van der Waals surface area contributed by atoms with Crippen LogP contribution in [0.5, 0.6) is 5.88 Å². The molecule has 0 aliphatic heterocycles. The number of hydrogen-bond donors (Lipinski definition) is 1. The Labute approximate surface area is 120 Å². The van der Waals surface area contributed by atoms with Crippen LogP contribution in [-0.2, 0) is 6.42 Å². The Hall–Kier alpha value is -1.95. The molecule has 1 aromatic heterocycles. The monoisotopic (exact) mass is 292 g/mol. The highest BCUT2D eigenvalue weighted by atomic mass is 32.2. The molecule has 2 rings (SSSR count). The van der Waals surface area contributed by atoms with Gasteiger partial charge in [0.05, 0.1) is 11.4 Å². The normalized spacial score (nSPS) is 10.7. The van der Waals surface area contributed by atoms with Crippen LogP contribution in [0.3, 0.4) is 0 Å². The third-order valence-electron chi connectivity index (χ3n) is 2.99. The van der Waals surface area contributed by atoms with Crippen LogP contribution >= 0.6 is 11.8 Å². The molecule has 106 valence electrons. The minimum absolute atomic E-state index is 0.162. The Bertz CT molecular complexity index is 674. The van der Waals surface area contributed by atoms with E-state index in [-0.39, 0.29) is 5.88 Å². The standard InChI is InChI=1S/C14H16N2O3S/c1-10(17)15-12(8-9-20-2)13(18)16(14(15)19)11-6-4-3-5-7-11/h3-7,18H,8-9H2,1-2H3. The number of benzene rings is 1. The Balaban J connectivity index is 2.65. The first-order chi connectivity index (χ1) is 9.57. The fourth-order valence-corrected chi connectivity index (χ4v) is 2.49. The smallest absolute Gasteiger partial charge is 0.342 e. The summed E-state index contributed by atoms with van der Waals surface area (Å²) >= 11 is 1.59. The van der Waals surface area contributed by atoms with Gasteiger partial charge in [-0.15, -0.1) is 0 Å². The van der Waals surface area contributed by atoms with Crippen LogP contribution in [0.2, 0.25) is 0 Å². The van der Waals surface area contributed by atoms with Gasteiger partial charge < -0.3 is 5.11 Å². The largest absolute Gasteiger partial charge is 0.493 e. The molecular formula is C14H16N2O3S. The van der Waals surface area contributed by atoms with Crippen molar-refractivity contribution in [3.8, 4) is 11.6 Å². The van der Waals surface area contributed by atoms with E-state index in [0.717, 1.165) is 14.9 Å². The molecule has 0 bridgehead atoms. The predicted octanol–water partition coefficient (Wildman–Crippen LogP) is 1.91. The number of hydrogen-bond acceptors (Lipinski definition) is 4. The summed E-state index contributed by atoms with van der Waals surface area (Å²) in [4.78, 5) is 24.0. The van der Waals surface area contributed by atoms with Gasteiger partial charge >= 0.3 is 5.69 Å². The van der Waals surface area contributed by atoms with Crippen molar-refractivity contribution in [3.05, 3.63) is 46.5 Å². The minimum atomic E-state index is -0.530. The molecule has 1 N–H and O–H groups in total. The van der Waals surface area contributed by atoms with Gasteiger partial charge in [-0.1, -0.05) is 18.2 Å². The third-order valence-corrected chi connectivity index (χ3v) is 3.61. The predicted molar refractivity (Wildman–Crippen MR) is 80.1 cm³/mol. The van der Waals surface area contributed by atoms with Crippen molar-refractivity contribution in [2.24, 2.45) is 0 Å². The molecule has 0 radical (unpaired) electrons. The number of para-hydroxylation sites is 1. The molecule has 0 spiro atoms. The highest BCUT2D eigenvalue weighted by molar-refractivity contribution is 7.98. The quantitative estimate of drug-likeness (QED) is 0.935. The molecule has 6 heteroatoms. The first-order valence-corrected chi connectivity index (χ1v) is 7.58. The number of aromatic hydroxyl groups is 1. The Kier molecular flexibility index (Phi) is 4.34. The lowest BCUT2D eigenvalue weighted by molar-refractivity contribution is 0.0929. The van der Waals surface area contributed by atoms with E-state index in [1.54, 1.807) is 36.0 Å². The van der Waals surface area contributed by atoms with Crippen molar-refractivity contribution in [1.29, 1.82) is 0 Å². The van der Waals surface area contributed by atoms with E-state index in [0.29, 0.717) is 17.8 Å². The summed E-state index contributed by atoms with van der Waals surface area (Å²) in [5, 5.41) is 10.3. The average Bonchev–Trinajstić information content (AvgIpc) is 2.68. The van der Waals surface area contributed by atoms with Crippen molar-refractivity contribution < 1.29 is 9.90 Å². The van der Waals surface area contributed by atoms with Gasteiger partial charge in [-0.3, -0.25) is 4.79 Å². The number of aromatic nitrogens is 2. The van der Waals surface area contributed by atoms with Crippen molar-refractivity contribution in [2.75, 3.05) is 12.0 Å². The number of thioether (sulfide) groups is 1. The van der Waals surface area contributed by atoms with Crippen molar-refractivity contribution in [3.63, 3.8) is 0 Å². The molecule has 0 saturated carbocycles. The van der Waals surface area contributed by atoms with Gasteiger partial charge in [0.25, 0.3) is 0 Å². The number of carbonyl (C=O) groups excluding carboxylic acids is 1. The van der Waals surface area contributed by atoms with E-state index >= 15 is 0 Å². The van der Waals surface area contributed by atoms with E-state index in [1.807, 2.05) is 12.3 Å². The van der Waals surface area contributed by atoms with Gasteiger partial charge in [0.1, 0.15) is 0 Å². The Morgan fingerprint density at radius 3 is 2.50 bits per heavy atom. The highest BCUT2D eigenvalue weighted by Gasteiger charge is 2.22. The number of imidazole rings is 1. The topological polar surface area (TPSA) is 64.2 Å². The molecule has 0 saturated heterocycles. The summed E-state index contributed by atoms with van der Waals surface area (Å²) in [5.41, 5.74) is 0.374. The summed E-state index contributed by atoms with van der Waals surface area (Å²) in [5.74, 6) is 0.167. The minimum Gasteiger partial charge on any atom is -0.493 e. The summed E-state index contributed by atoms with van der Waals surface area (Å²) in [6, 6.07) is 8.79. The summed E-state index contributed by atoms with van der Waals surface area (Å²) in [6.07, 6.45) is 2.39. The third kappa shape index (κ3) is 2.51. The molecule has 20 heavy (non-hydrogen) atoms. The zero-order valence-electron chi connectivity index (χ0n) is 11.4. The van der Waals surface area contributed by atoms with E-state index in [1.165, 1.54) is 6.92 Å². The van der Waals surface area contributed by atoms with Crippen LogP contribution in [0, 0.1) is 0 Å². The lowest BCUT2D eigenvalue weighted by Gasteiger charge is -2.03.